The predicted molar refractivity (Wildman–Crippen MR) is 164 cm³/mol. The van der Waals surface area contributed by atoms with E-state index >= 15 is 0 Å². The Morgan fingerprint density at radius 1 is 0.766 bits per heavy atom. The van der Waals surface area contributed by atoms with Crippen LogP contribution in [-0.4, -0.2) is 47.8 Å². The van der Waals surface area contributed by atoms with E-state index < -0.39 is 43.8 Å². The molecule has 0 spiro atoms. The second-order valence-electron chi connectivity index (χ2n) is 9.69. The average molecular weight is 670 g/mol. The number of carbonyl (C=O) groups excluding carboxylic acids is 4. The van der Waals surface area contributed by atoms with E-state index in [2.05, 4.69) is 26.4 Å². The number of anilines is 3. The van der Waals surface area contributed by atoms with Crippen LogP contribution in [0.4, 0.5) is 17.1 Å². The maximum Gasteiger partial charge on any atom is 1.00 e. The number of hydrazone groups is 2. The summed E-state index contributed by atoms with van der Waals surface area (Å²) in [7, 11) is -5.06. The number of Topliss-reactive ketones (excluding diaryl/α,β-unsaturated/α-hetero) is 1. The fourth-order valence-electron chi connectivity index (χ4n) is 4.38. The molecule has 0 fully saturated rings. The topological polar surface area (TPSA) is 209 Å². The fourth-order valence-corrected chi connectivity index (χ4v) is 5.02. The molecule has 5 rings (SSSR count). The molecule has 2 aliphatic rings. The van der Waals surface area contributed by atoms with E-state index in [1.165, 1.54) is 31.2 Å². The summed E-state index contributed by atoms with van der Waals surface area (Å²) in [4.78, 5) is 46.5. The van der Waals surface area contributed by atoms with Crippen LogP contribution in [-0.2, 0) is 24.5 Å². The minimum atomic E-state index is -5.06. The zero-order chi connectivity index (χ0) is 32.3. The van der Waals surface area contributed by atoms with Gasteiger partial charge in [0.15, 0.2) is 5.78 Å². The van der Waals surface area contributed by atoms with Crippen LogP contribution < -0.4 is 80.4 Å². The van der Waals surface area contributed by atoms with E-state index in [0.29, 0.717) is 17.1 Å². The Morgan fingerprint density at radius 2 is 1.32 bits per heavy atom. The van der Waals surface area contributed by atoms with Gasteiger partial charge in [-0.25, -0.2) is 8.42 Å². The number of carbonyl (C=O) groups is 4. The van der Waals surface area contributed by atoms with Crippen molar-refractivity contribution in [3.05, 3.63) is 107 Å². The fraction of sp³-hybridized carbons (Fsp3) is 0.0323. The number of rotatable bonds is 8. The molecule has 3 aromatic carbocycles. The van der Waals surface area contributed by atoms with Gasteiger partial charge in [0.25, 0.3) is 0 Å². The van der Waals surface area contributed by atoms with Crippen molar-refractivity contribution in [1.29, 1.82) is 0 Å². The standard InChI is InChI=1S/C31H23N5O8S.2Na/c1-17(37)32-23-11-6-20-14-28(45(42,43)44)29(30(39)25(20)15-23)36-34-22-9-4-19(5-10-22)18-2-7-21(8-3-18)33-35-24-12-13-27(38)26(16-24)31(40)41;;/h2-16,33-34H,1H3,(H,32,37)(H,40,41)(H,42,43,44);;/q;2*+1/p-2/b35-24+,36-29-;;. The van der Waals surface area contributed by atoms with Gasteiger partial charge in [0.2, 0.25) is 11.7 Å². The molecule has 47 heavy (non-hydrogen) atoms. The number of carboxylic acid groups (broad SMARTS) is 1. The van der Waals surface area contributed by atoms with E-state index in [0.717, 1.165) is 29.4 Å². The Bertz CT molecular complexity index is 2040. The first-order chi connectivity index (χ1) is 21.4. The quantitative estimate of drug-likeness (QED) is 0.0707. The summed E-state index contributed by atoms with van der Waals surface area (Å²) in [5, 5.41) is 21.6. The zero-order valence-electron chi connectivity index (χ0n) is 25.2. The first-order valence-electron chi connectivity index (χ1n) is 13.1. The molecule has 0 atom stereocenters. The third kappa shape index (κ3) is 9.09. The van der Waals surface area contributed by atoms with Crippen molar-refractivity contribution in [3.63, 3.8) is 0 Å². The summed E-state index contributed by atoms with van der Waals surface area (Å²) in [5.74, 6) is -3.42. The van der Waals surface area contributed by atoms with E-state index in [9.17, 15) is 37.3 Å². The number of hydrogen-bond acceptors (Lipinski definition) is 12. The first-order valence-corrected chi connectivity index (χ1v) is 14.5. The van der Waals surface area contributed by atoms with Crippen LogP contribution in [0, 0.1) is 0 Å². The zero-order valence-corrected chi connectivity index (χ0v) is 30.0. The molecule has 226 valence electrons. The van der Waals surface area contributed by atoms with Gasteiger partial charge in [-0.05, 0) is 77.4 Å². The van der Waals surface area contributed by atoms with Crippen LogP contribution in [0.3, 0.4) is 0 Å². The van der Waals surface area contributed by atoms with Crippen molar-refractivity contribution in [2.24, 2.45) is 10.2 Å². The molecule has 0 saturated heterocycles. The van der Waals surface area contributed by atoms with Crippen LogP contribution in [0.25, 0.3) is 17.2 Å². The number of allylic oxidation sites excluding steroid dienone is 4. The van der Waals surface area contributed by atoms with Gasteiger partial charge >= 0.3 is 59.1 Å². The summed E-state index contributed by atoms with van der Waals surface area (Å²) < 4.78 is 35.9. The molecule has 0 aliphatic heterocycles. The summed E-state index contributed by atoms with van der Waals surface area (Å²) in [6.07, 6.45) is 4.65. The second-order valence-corrected chi connectivity index (χ2v) is 11.0. The SMILES string of the molecule is CC(=O)Nc1ccc2c(c1)C(=O)/C(=N\Nc1ccc(-c3ccc(N/N=C4\C=CC(=O)C(C(=O)[O-])=C4)cc3)cc1)C(S(=O)(=O)[O-])=C2.[Na+].[Na+]. The number of nitrogens with one attached hydrogen (secondary N) is 3. The van der Waals surface area contributed by atoms with Gasteiger partial charge in [-0.15, -0.1) is 0 Å². The van der Waals surface area contributed by atoms with E-state index in [1.807, 2.05) is 0 Å². The van der Waals surface area contributed by atoms with Crippen molar-refractivity contribution in [3.8, 4) is 11.1 Å². The van der Waals surface area contributed by atoms with Crippen molar-refractivity contribution in [2.75, 3.05) is 16.2 Å². The number of amides is 1. The minimum absolute atomic E-state index is 0. The minimum Gasteiger partial charge on any atom is -0.744 e. The van der Waals surface area contributed by atoms with Gasteiger partial charge < -0.3 is 19.8 Å². The summed E-state index contributed by atoms with van der Waals surface area (Å²) in [6, 6.07) is 18.1. The molecule has 0 heterocycles. The molecular weight excluding hydrogens is 648 g/mol. The van der Waals surface area contributed by atoms with E-state index in [-0.39, 0.29) is 81.9 Å². The smallest absolute Gasteiger partial charge is 0.744 e. The van der Waals surface area contributed by atoms with Gasteiger partial charge in [0.1, 0.15) is 15.8 Å². The number of fused-ring (bicyclic) bond motifs is 1. The van der Waals surface area contributed by atoms with Crippen LogP contribution in [0.1, 0.15) is 22.8 Å². The molecule has 3 aromatic rings. The van der Waals surface area contributed by atoms with Gasteiger partial charge in [0, 0.05) is 23.7 Å². The molecule has 0 radical (unpaired) electrons. The number of ketones is 2. The number of aliphatic carboxylic acids is 1. The Kier molecular flexibility index (Phi) is 12.5. The number of hydrogen-bond donors (Lipinski definition) is 3. The van der Waals surface area contributed by atoms with Gasteiger partial charge in [0.05, 0.1) is 28.0 Å². The maximum absolute atomic E-state index is 13.2. The molecule has 0 saturated carbocycles. The summed E-state index contributed by atoms with van der Waals surface area (Å²) in [5.41, 5.74) is 7.77. The van der Waals surface area contributed by atoms with E-state index in [4.69, 9.17) is 0 Å². The normalized spacial score (nSPS) is 15.4. The Morgan fingerprint density at radius 3 is 1.85 bits per heavy atom. The van der Waals surface area contributed by atoms with Gasteiger partial charge in [-0.1, -0.05) is 30.3 Å². The van der Waals surface area contributed by atoms with Crippen molar-refractivity contribution in [2.45, 2.75) is 6.92 Å². The summed E-state index contributed by atoms with van der Waals surface area (Å²) >= 11 is 0. The average Bonchev–Trinajstić information content (AvgIpc) is 3.00. The molecule has 2 aliphatic carbocycles. The molecule has 1 amide bonds. The largest absolute Gasteiger partial charge is 1.00 e. The van der Waals surface area contributed by atoms with Crippen molar-refractivity contribution >= 4 is 68.1 Å². The third-order valence-corrected chi connectivity index (χ3v) is 7.37. The van der Waals surface area contributed by atoms with Gasteiger partial charge in [-0.2, -0.15) is 10.2 Å². The van der Waals surface area contributed by atoms with Crippen LogP contribution >= 0.6 is 0 Å². The molecule has 13 nitrogen and oxygen atoms in total. The second kappa shape index (κ2) is 15.7. The predicted octanol–water partition coefficient (Wildman–Crippen LogP) is -3.55. The van der Waals surface area contributed by atoms with E-state index in [1.54, 1.807) is 48.5 Å². The molecular formula is C31H21N5Na2O8S. The van der Waals surface area contributed by atoms with Crippen LogP contribution in [0.15, 0.2) is 106 Å². The third-order valence-electron chi connectivity index (χ3n) is 6.52. The Balaban J connectivity index is 0.00000300. The molecule has 0 bridgehead atoms. The molecule has 16 heteroatoms. The van der Waals surface area contributed by atoms with Crippen LogP contribution in [0.2, 0.25) is 0 Å². The van der Waals surface area contributed by atoms with Crippen molar-refractivity contribution in [1.82, 2.24) is 0 Å². The van der Waals surface area contributed by atoms with Crippen LogP contribution in [0.5, 0.6) is 0 Å². The number of carboxylic acids is 1. The Hall–Kier alpha value is -3.99. The molecule has 3 N–H and O–H groups in total. The number of nitrogens with zero attached hydrogens (tertiary/aromatic N) is 2. The molecule has 0 unspecified atom stereocenters. The Labute approximate surface area is 312 Å². The molecule has 0 aromatic heterocycles. The first kappa shape index (κ1) is 37.5. The monoisotopic (exact) mass is 669 g/mol. The van der Waals surface area contributed by atoms with Crippen molar-refractivity contribution < 1.29 is 96.4 Å². The maximum atomic E-state index is 13.2. The van der Waals surface area contributed by atoms with Gasteiger partial charge in [-0.3, -0.25) is 25.2 Å². The number of benzene rings is 3. The summed E-state index contributed by atoms with van der Waals surface area (Å²) in [6.45, 7) is 1.30.